The second-order valence-electron chi connectivity index (χ2n) is 10.8. The Kier molecular flexibility index (Phi) is 12.6. The highest BCUT2D eigenvalue weighted by Gasteiger charge is 2.48. The van der Waals surface area contributed by atoms with Crippen molar-refractivity contribution in [3.63, 3.8) is 0 Å². The van der Waals surface area contributed by atoms with Gasteiger partial charge >= 0.3 is 0 Å². The highest BCUT2D eigenvalue weighted by atomic mass is 16.7. The van der Waals surface area contributed by atoms with Crippen LogP contribution in [0.4, 0.5) is 0 Å². The molecule has 0 spiro atoms. The maximum absolute atomic E-state index is 10.3. The molecule has 0 radical (unpaired) electrons. The fourth-order valence-corrected chi connectivity index (χ4v) is 4.59. The first kappa shape index (κ1) is 34.8. The average Bonchev–Trinajstić information content (AvgIpc) is 2.96. The lowest BCUT2D eigenvalue weighted by Gasteiger charge is -2.43. The third kappa shape index (κ3) is 7.87. The Morgan fingerprint density at radius 2 is 0.683 bits per heavy atom. The minimum atomic E-state index is -1.74. The first-order valence-corrected chi connectivity index (χ1v) is 13.0. The van der Waals surface area contributed by atoms with Gasteiger partial charge in [0.05, 0.1) is 39.6 Å². The van der Waals surface area contributed by atoms with E-state index in [-0.39, 0.29) is 0 Å². The number of hydrogen-bond acceptors (Lipinski definition) is 18. The van der Waals surface area contributed by atoms with Crippen LogP contribution in [0.2, 0.25) is 0 Å². The summed E-state index contributed by atoms with van der Waals surface area (Å²) in [5.74, 6) is 0. The number of aliphatic hydroxyl groups excluding tert-OH is 12. The minimum absolute atomic E-state index is 0.426. The Hall–Kier alpha value is -0.720. The van der Waals surface area contributed by atoms with Crippen LogP contribution in [0.25, 0.3) is 0 Å². The van der Waals surface area contributed by atoms with Crippen LogP contribution in [-0.4, -0.2) is 193 Å². The van der Waals surface area contributed by atoms with Crippen molar-refractivity contribution < 1.29 is 89.7 Å². The molecule has 3 saturated heterocycles. The molecule has 0 aromatic heterocycles. The topological polar surface area (TPSA) is 298 Å². The van der Waals surface area contributed by atoms with Crippen LogP contribution in [0, 0.1) is 5.41 Å². The monoisotopic (exact) mass is 606 g/mol. The van der Waals surface area contributed by atoms with Crippen molar-refractivity contribution >= 4 is 0 Å². The van der Waals surface area contributed by atoms with E-state index in [0.717, 1.165) is 0 Å². The van der Waals surface area contributed by atoms with Crippen molar-refractivity contribution in [3.8, 4) is 0 Å². The fourth-order valence-electron chi connectivity index (χ4n) is 4.59. The highest BCUT2D eigenvalue weighted by molar-refractivity contribution is 4.92. The lowest BCUT2D eigenvalue weighted by molar-refractivity contribution is -0.329. The number of rotatable bonds is 12. The van der Waals surface area contributed by atoms with Crippen LogP contribution < -0.4 is 0 Å². The van der Waals surface area contributed by atoms with E-state index in [1.807, 2.05) is 0 Å². The first-order valence-electron chi connectivity index (χ1n) is 13.0. The van der Waals surface area contributed by atoms with Crippen molar-refractivity contribution in [2.75, 3.05) is 39.6 Å². The Labute approximate surface area is 234 Å². The molecule has 0 aromatic carbocycles. The predicted octanol–water partition coefficient (Wildman–Crippen LogP) is -7.56. The zero-order valence-corrected chi connectivity index (χ0v) is 22.2. The Morgan fingerprint density at radius 3 is 0.902 bits per heavy atom. The van der Waals surface area contributed by atoms with Gasteiger partial charge < -0.3 is 89.7 Å². The van der Waals surface area contributed by atoms with Gasteiger partial charge in [-0.2, -0.15) is 0 Å². The van der Waals surface area contributed by atoms with Crippen molar-refractivity contribution in [2.45, 2.75) is 99.0 Å². The first-order chi connectivity index (χ1) is 19.3. The SMILES string of the molecule is CC(CO[C@@H]1OC(CO)[C@@H](O)C(O)C1O)(CO[C@H]1OC(CO)[C@@H](O)C(O)C1O)CO[C@H]1OC(CO)[C@@H](O)C(O)C1O. The summed E-state index contributed by atoms with van der Waals surface area (Å²) in [4.78, 5) is 0. The summed E-state index contributed by atoms with van der Waals surface area (Å²) in [5.41, 5.74) is -1.34. The molecule has 15 atom stereocenters. The largest absolute Gasteiger partial charge is 0.394 e. The van der Waals surface area contributed by atoms with Crippen molar-refractivity contribution in [1.82, 2.24) is 0 Å². The molecule has 0 amide bonds. The molecule has 0 bridgehead atoms. The molecule has 3 fully saturated rings. The van der Waals surface area contributed by atoms with E-state index in [9.17, 15) is 61.3 Å². The van der Waals surface area contributed by atoms with Gasteiger partial charge in [0, 0.05) is 5.41 Å². The van der Waals surface area contributed by atoms with Gasteiger partial charge in [0.2, 0.25) is 0 Å². The van der Waals surface area contributed by atoms with Gasteiger partial charge in [0.25, 0.3) is 0 Å². The zero-order valence-electron chi connectivity index (χ0n) is 22.2. The molecule has 9 unspecified atom stereocenters. The third-order valence-electron chi connectivity index (χ3n) is 7.33. The lowest BCUT2D eigenvalue weighted by Crippen LogP contribution is -2.61. The predicted molar refractivity (Wildman–Crippen MR) is 127 cm³/mol. The van der Waals surface area contributed by atoms with Gasteiger partial charge in [-0.3, -0.25) is 0 Å². The normalized spacial score (nSPS) is 47.2. The van der Waals surface area contributed by atoms with E-state index in [4.69, 9.17) is 28.4 Å². The second kappa shape index (κ2) is 14.8. The summed E-state index contributed by atoms with van der Waals surface area (Å²) >= 11 is 0. The quantitative estimate of drug-likeness (QED) is 0.0981. The van der Waals surface area contributed by atoms with Crippen LogP contribution in [0.3, 0.4) is 0 Å². The second-order valence-corrected chi connectivity index (χ2v) is 10.8. The van der Waals surface area contributed by atoms with Crippen LogP contribution >= 0.6 is 0 Å². The van der Waals surface area contributed by atoms with E-state index in [1.165, 1.54) is 6.92 Å². The maximum Gasteiger partial charge on any atom is 0.186 e. The van der Waals surface area contributed by atoms with E-state index in [1.54, 1.807) is 0 Å². The zero-order chi connectivity index (χ0) is 30.6. The van der Waals surface area contributed by atoms with Crippen molar-refractivity contribution in [1.29, 1.82) is 0 Å². The lowest BCUT2D eigenvalue weighted by atomic mass is 9.93. The van der Waals surface area contributed by atoms with Crippen molar-refractivity contribution in [3.05, 3.63) is 0 Å². The molecule has 41 heavy (non-hydrogen) atoms. The van der Waals surface area contributed by atoms with Crippen LogP contribution in [0.5, 0.6) is 0 Å². The van der Waals surface area contributed by atoms with Gasteiger partial charge in [0.1, 0.15) is 73.2 Å². The van der Waals surface area contributed by atoms with Crippen molar-refractivity contribution in [2.24, 2.45) is 5.41 Å². The van der Waals surface area contributed by atoms with Crippen LogP contribution in [0.1, 0.15) is 6.92 Å². The molecule has 18 heteroatoms. The van der Waals surface area contributed by atoms with Gasteiger partial charge in [-0.05, 0) is 0 Å². The number of hydrogen-bond donors (Lipinski definition) is 12. The molecule has 18 nitrogen and oxygen atoms in total. The third-order valence-corrected chi connectivity index (χ3v) is 7.33. The summed E-state index contributed by atoms with van der Waals surface area (Å²) in [6.45, 7) is -1.90. The molecule has 3 heterocycles. The molecule has 0 saturated carbocycles. The van der Waals surface area contributed by atoms with Crippen LogP contribution in [-0.2, 0) is 28.4 Å². The Balaban J connectivity index is 1.73. The van der Waals surface area contributed by atoms with Gasteiger partial charge in [0.15, 0.2) is 18.9 Å². The molecule has 0 aliphatic carbocycles. The van der Waals surface area contributed by atoms with Gasteiger partial charge in [-0.25, -0.2) is 0 Å². The molecular formula is C23H42O18. The summed E-state index contributed by atoms with van der Waals surface area (Å²) in [6, 6.07) is 0. The highest BCUT2D eigenvalue weighted by Crippen LogP contribution is 2.30. The molecule has 0 aromatic rings. The molecule has 3 aliphatic rings. The molecule has 242 valence electrons. The smallest absolute Gasteiger partial charge is 0.186 e. The Bertz CT molecular complexity index is 688. The van der Waals surface area contributed by atoms with E-state index in [2.05, 4.69) is 0 Å². The number of aliphatic hydroxyl groups is 12. The summed E-state index contributed by atoms with van der Waals surface area (Å²) < 4.78 is 32.9. The maximum atomic E-state index is 10.3. The molecular weight excluding hydrogens is 564 g/mol. The number of ether oxygens (including phenoxy) is 6. The standard InChI is InChI=1S/C23H42O18/c1-23(5-36-20-17(33)14(30)11(27)8(2-24)39-20,6-37-21-18(34)15(31)12(28)9(3-25)40-21)7-38-22-19(35)16(32)13(29)10(4-26)41-22/h8-22,24-35H,2-7H2,1H3/t8?,9?,10?,11-,12-,13-,14?,15?,16?,17?,18?,19?,20-,21+,22+,23?/m1/s1. The average molecular weight is 607 g/mol. The molecule has 3 aliphatic heterocycles. The van der Waals surface area contributed by atoms with E-state index < -0.39 is 137 Å². The van der Waals surface area contributed by atoms with E-state index >= 15 is 0 Å². The molecule has 3 rings (SSSR count). The summed E-state index contributed by atoms with van der Waals surface area (Å²) in [5, 5.41) is 119. The van der Waals surface area contributed by atoms with Gasteiger partial charge in [-0.1, -0.05) is 6.92 Å². The summed E-state index contributed by atoms with van der Waals surface area (Å²) in [7, 11) is 0. The fraction of sp³-hybridized carbons (Fsp3) is 1.00. The van der Waals surface area contributed by atoms with Crippen LogP contribution in [0.15, 0.2) is 0 Å². The van der Waals surface area contributed by atoms with Gasteiger partial charge in [-0.15, -0.1) is 0 Å². The minimum Gasteiger partial charge on any atom is -0.394 e. The van der Waals surface area contributed by atoms with E-state index in [0.29, 0.717) is 0 Å². The molecule has 12 N–H and O–H groups in total. The Morgan fingerprint density at radius 1 is 0.439 bits per heavy atom. The summed E-state index contributed by atoms with van der Waals surface area (Å²) in [6.07, 6.45) is -23.8.